The van der Waals surface area contributed by atoms with Gasteiger partial charge >= 0.3 is 5.97 Å². The summed E-state index contributed by atoms with van der Waals surface area (Å²) in [4.78, 5) is 18.2. The first-order chi connectivity index (χ1) is 18.6. The molecule has 5 nitrogen and oxygen atoms in total. The van der Waals surface area contributed by atoms with E-state index < -0.39 is 11.6 Å². The molecule has 1 saturated heterocycles. The van der Waals surface area contributed by atoms with Crippen molar-refractivity contribution in [1.29, 1.82) is 0 Å². The second-order valence-corrected chi connectivity index (χ2v) is 11.1. The Morgan fingerprint density at radius 3 is 2.29 bits per heavy atom. The number of aliphatic hydroxyl groups is 1. The lowest BCUT2D eigenvalue weighted by atomic mass is 9.85. The van der Waals surface area contributed by atoms with Gasteiger partial charge in [0.15, 0.2) is 0 Å². The van der Waals surface area contributed by atoms with Crippen LogP contribution < -0.4 is 5.73 Å². The summed E-state index contributed by atoms with van der Waals surface area (Å²) in [5.41, 5.74) is 7.13. The van der Waals surface area contributed by atoms with Gasteiger partial charge in [-0.2, -0.15) is 0 Å². The van der Waals surface area contributed by atoms with Gasteiger partial charge in [0.05, 0.1) is 6.61 Å². The van der Waals surface area contributed by atoms with Crippen LogP contribution in [0.4, 0.5) is 0 Å². The van der Waals surface area contributed by atoms with Crippen molar-refractivity contribution >= 4 is 17.3 Å². The van der Waals surface area contributed by atoms with Crippen LogP contribution in [0.2, 0.25) is 0 Å². The number of hydrogen-bond donors (Lipinski definition) is 2. The summed E-state index contributed by atoms with van der Waals surface area (Å²) < 4.78 is 5.85. The van der Waals surface area contributed by atoms with Gasteiger partial charge < -0.3 is 15.6 Å². The Balaban J connectivity index is 1.29. The minimum absolute atomic E-state index is 0.276. The highest BCUT2D eigenvalue weighted by atomic mass is 32.1. The number of likely N-dealkylation sites (tertiary alicyclic amines) is 1. The zero-order valence-corrected chi connectivity index (χ0v) is 22.3. The Morgan fingerprint density at radius 1 is 0.921 bits per heavy atom. The summed E-state index contributed by atoms with van der Waals surface area (Å²) in [5.74, 6) is -0.362. The highest BCUT2D eigenvalue weighted by Gasteiger charge is 2.42. The number of nitrogens with zero attached hydrogens (tertiary/aromatic N) is 1. The van der Waals surface area contributed by atoms with E-state index in [1.54, 1.807) is 29.5 Å². The minimum Gasteiger partial charge on any atom is -0.463 e. The van der Waals surface area contributed by atoms with E-state index in [0.29, 0.717) is 24.3 Å². The molecule has 3 aromatic carbocycles. The summed E-state index contributed by atoms with van der Waals surface area (Å²) in [5, 5.41) is 12.0. The highest BCUT2D eigenvalue weighted by Crippen LogP contribution is 2.36. The molecule has 196 valence electrons. The molecular formula is C32H34N2O3S. The molecule has 1 atom stereocenters. The van der Waals surface area contributed by atoms with Crippen LogP contribution in [-0.4, -0.2) is 35.7 Å². The Hall–Kier alpha value is -3.29. The fourth-order valence-electron chi connectivity index (χ4n) is 5.07. The van der Waals surface area contributed by atoms with E-state index in [9.17, 15) is 9.90 Å². The number of carbonyl (C=O) groups is 1. The first-order valence-electron chi connectivity index (χ1n) is 13.2. The van der Waals surface area contributed by atoms with Gasteiger partial charge in [-0.05, 0) is 66.7 Å². The van der Waals surface area contributed by atoms with Gasteiger partial charge in [-0.25, -0.2) is 4.79 Å². The number of hydrogen-bond acceptors (Lipinski definition) is 6. The molecule has 3 N–H and O–H groups in total. The smallest absolute Gasteiger partial charge is 0.347 e. The van der Waals surface area contributed by atoms with Crippen LogP contribution in [0.25, 0.3) is 10.4 Å². The Kier molecular flexibility index (Phi) is 8.35. The number of piperidine rings is 1. The first kappa shape index (κ1) is 26.3. The average Bonchev–Trinajstić information content (AvgIpc) is 3.47. The van der Waals surface area contributed by atoms with Crippen molar-refractivity contribution in [2.24, 2.45) is 11.7 Å². The van der Waals surface area contributed by atoms with Crippen LogP contribution >= 0.6 is 11.3 Å². The summed E-state index contributed by atoms with van der Waals surface area (Å²) in [7, 11) is 0. The van der Waals surface area contributed by atoms with Gasteiger partial charge in [-0.15, -0.1) is 11.3 Å². The molecule has 2 heterocycles. The number of benzene rings is 3. The first-order valence-corrected chi connectivity index (χ1v) is 14.0. The molecule has 0 saturated carbocycles. The summed E-state index contributed by atoms with van der Waals surface area (Å²) in [6.07, 6.45) is 1.92. The van der Waals surface area contributed by atoms with Crippen molar-refractivity contribution in [2.75, 3.05) is 19.7 Å². The Morgan fingerprint density at radius 2 is 1.61 bits per heavy atom. The number of rotatable bonds is 9. The van der Waals surface area contributed by atoms with Crippen molar-refractivity contribution in [1.82, 2.24) is 4.90 Å². The predicted molar refractivity (Wildman–Crippen MR) is 152 cm³/mol. The summed E-state index contributed by atoms with van der Waals surface area (Å²) >= 11 is 1.61. The minimum atomic E-state index is -1.90. The Bertz CT molecular complexity index is 1330. The fraction of sp³-hybridized carbons (Fsp3) is 0.281. The average molecular weight is 527 g/mol. The molecule has 4 aromatic rings. The molecule has 0 aliphatic carbocycles. The molecule has 1 aliphatic rings. The molecule has 1 unspecified atom stereocenters. The number of carbonyl (C=O) groups excluding carboxylic acids is 1. The number of ether oxygens (including phenoxy) is 1. The third-order valence-corrected chi connectivity index (χ3v) is 8.48. The molecule has 1 fully saturated rings. The second kappa shape index (κ2) is 12.0. The lowest BCUT2D eigenvalue weighted by molar-refractivity contribution is -0.164. The molecule has 6 heteroatoms. The van der Waals surface area contributed by atoms with Gasteiger partial charge in [0.2, 0.25) is 5.60 Å². The van der Waals surface area contributed by atoms with Crippen LogP contribution in [0.5, 0.6) is 0 Å². The number of thiophene rings is 1. The van der Waals surface area contributed by atoms with Crippen LogP contribution in [0.15, 0.2) is 97.1 Å². The maximum absolute atomic E-state index is 13.6. The largest absolute Gasteiger partial charge is 0.463 e. The van der Waals surface area contributed by atoms with E-state index in [0.717, 1.165) is 47.8 Å². The SMILES string of the molecule is NCc1ccc(-c2cccc(C(O)(C(=O)OCC3CCN(Cc4ccccc4)CC3)c3ccccc3)c2)s1. The van der Waals surface area contributed by atoms with Crippen LogP contribution in [0.1, 0.15) is 34.4 Å². The lowest BCUT2D eigenvalue weighted by Gasteiger charge is -2.33. The Labute approximate surface area is 228 Å². The second-order valence-electron chi connectivity index (χ2n) is 9.93. The van der Waals surface area contributed by atoms with Gasteiger partial charge in [-0.3, -0.25) is 4.90 Å². The predicted octanol–water partition coefficient (Wildman–Crippen LogP) is 5.57. The van der Waals surface area contributed by atoms with Gasteiger partial charge in [0.25, 0.3) is 0 Å². The normalized spacial score (nSPS) is 16.2. The van der Waals surface area contributed by atoms with E-state index in [4.69, 9.17) is 10.5 Å². The maximum atomic E-state index is 13.6. The fourth-order valence-corrected chi connectivity index (χ4v) is 5.96. The molecule has 38 heavy (non-hydrogen) atoms. The summed E-state index contributed by atoms with van der Waals surface area (Å²) in [6.45, 7) is 3.66. The maximum Gasteiger partial charge on any atom is 0.347 e. The van der Waals surface area contributed by atoms with E-state index in [2.05, 4.69) is 29.2 Å². The molecule has 0 amide bonds. The number of esters is 1. The van der Waals surface area contributed by atoms with Crippen molar-refractivity contribution < 1.29 is 14.6 Å². The highest BCUT2D eigenvalue weighted by molar-refractivity contribution is 7.15. The quantitative estimate of drug-likeness (QED) is 0.279. The zero-order valence-electron chi connectivity index (χ0n) is 21.5. The third kappa shape index (κ3) is 5.89. The van der Waals surface area contributed by atoms with Gasteiger partial charge in [0.1, 0.15) is 0 Å². The van der Waals surface area contributed by atoms with E-state index >= 15 is 0 Å². The van der Waals surface area contributed by atoms with Crippen LogP contribution in [0.3, 0.4) is 0 Å². The molecule has 0 bridgehead atoms. The van der Waals surface area contributed by atoms with E-state index in [1.807, 2.05) is 54.6 Å². The lowest BCUT2D eigenvalue weighted by Crippen LogP contribution is -2.40. The molecular weight excluding hydrogens is 492 g/mol. The number of nitrogens with two attached hydrogens (primary N) is 1. The summed E-state index contributed by atoms with van der Waals surface area (Å²) in [6, 6.07) is 31.1. The van der Waals surface area contributed by atoms with Gasteiger partial charge in [-0.1, -0.05) is 78.9 Å². The topological polar surface area (TPSA) is 75.8 Å². The van der Waals surface area contributed by atoms with Crippen molar-refractivity contribution in [3.05, 3.63) is 119 Å². The monoisotopic (exact) mass is 526 g/mol. The van der Waals surface area contributed by atoms with Crippen LogP contribution in [-0.2, 0) is 28.2 Å². The standard InChI is InChI=1S/C32H34N2O3S/c33-21-29-14-15-30(38-29)26-10-7-13-28(20-26)32(36,27-11-5-2-6-12-27)31(35)37-23-25-16-18-34(19-17-25)22-24-8-3-1-4-9-24/h1-15,20,25,36H,16-19,21-23,33H2. The van der Waals surface area contributed by atoms with Crippen molar-refractivity contribution in [2.45, 2.75) is 31.5 Å². The molecule has 5 rings (SSSR count). The van der Waals surface area contributed by atoms with Gasteiger partial charge in [0, 0.05) is 28.4 Å². The van der Waals surface area contributed by atoms with Crippen LogP contribution in [0, 0.1) is 5.92 Å². The van der Waals surface area contributed by atoms with E-state index in [1.165, 1.54) is 5.56 Å². The third-order valence-electron chi connectivity index (χ3n) is 7.32. The molecule has 1 aliphatic heterocycles. The van der Waals surface area contributed by atoms with Crippen molar-refractivity contribution in [3.8, 4) is 10.4 Å². The molecule has 1 aromatic heterocycles. The van der Waals surface area contributed by atoms with E-state index in [-0.39, 0.29) is 5.92 Å². The molecule has 0 radical (unpaired) electrons. The zero-order chi connectivity index (χ0) is 26.4. The van der Waals surface area contributed by atoms with Crippen molar-refractivity contribution in [3.63, 3.8) is 0 Å². The molecule has 0 spiro atoms.